The van der Waals surface area contributed by atoms with Crippen molar-refractivity contribution in [3.05, 3.63) is 59.9 Å². The second-order valence-corrected chi connectivity index (χ2v) is 10.1. The predicted octanol–water partition coefficient (Wildman–Crippen LogP) is 2.05. The van der Waals surface area contributed by atoms with E-state index < -0.39 is 15.8 Å². The van der Waals surface area contributed by atoms with Gasteiger partial charge < -0.3 is 10.2 Å². The van der Waals surface area contributed by atoms with Crippen LogP contribution in [0, 0.1) is 5.82 Å². The van der Waals surface area contributed by atoms with Gasteiger partial charge in [-0.2, -0.15) is 0 Å². The number of piperazine rings is 1. The first-order valence-electron chi connectivity index (χ1n) is 11.0. The van der Waals surface area contributed by atoms with E-state index in [4.69, 9.17) is 0 Å². The fourth-order valence-electron chi connectivity index (χ4n) is 3.73. The molecular formula is C23H27FN4O4S. The second-order valence-electron chi connectivity index (χ2n) is 8.40. The third-order valence-corrected chi connectivity index (χ3v) is 7.36. The molecule has 2 N–H and O–H groups in total. The molecule has 0 aromatic heterocycles. The van der Waals surface area contributed by atoms with Gasteiger partial charge in [0, 0.05) is 37.8 Å². The topological polar surface area (TPSA) is 98.8 Å². The number of carbonyl (C=O) groups excluding carboxylic acids is 2. The molecule has 2 aromatic carbocycles. The van der Waals surface area contributed by atoms with Gasteiger partial charge in [-0.05, 0) is 56.2 Å². The summed E-state index contributed by atoms with van der Waals surface area (Å²) in [5.41, 5.74) is 0.225. The minimum absolute atomic E-state index is 0.0260. The van der Waals surface area contributed by atoms with Crippen LogP contribution in [-0.2, 0) is 14.8 Å². The van der Waals surface area contributed by atoms with E-state index in [2.05, 4.69) is 14.9 Å². The van der Waals surface area contributed by atoms with Gasteiger partial charge in [-0.3, -0.25) is 19.2 Å². The lowest BCUT2D eigenvalue weighted by Gasteiger charge is -2.37. The van der Waals surface area contributed by atoms with E-state index in [9.17, 15) is 22.4 Å². The highest BCUT2D eigenvalue weighted by Gasteiger charge is 2.31. The quantitative estimate of drug-likeness (QED) is 0.640. The van der Waals surface area contributed by atoms with Crippen molar-refractivity contribution in [3.63, 3.8) is 0 Å². The summed E-state index contributed by atoms with van der Waals surface area (Å²) in [6.07, 6.45) is 2.08. The van der Waals surface area contributed by atoms with Gasteiger partial charge in [0.1, 0.15) is 5.82 Å². The van der Waals surface area contributed by atoms with Crippen LogP contribution in [0.5, 0.6) is 0 Å². The first-order valence-corrected chi connectivity index (χ1v) is 12.4. The summed E-state index contributed by atoms with van der Waals surface area (Å²) in [5, 5.41) is 3.01. The lowest BCUT2D eigenvalue weighted by atomic mass is 10.1. The molecule has 2 aliphatic rings. The minimum atomic E-state index is -3.99. The second kappa shape index (κ2) is 9.48. The third kappa shape index (κ3) is 5.51. The summed E-state index contributed by atoms with van der Waals surface area (Å²) in [5.74, 6) is -0.847. The van der Waals surface area contributed by atoms with E-state index in [0.29, 0.717) is 37.8 Å². The maximum absolute atomic E-state index is 13.8. The summed E-state index contributed by atoms with van der Waals surface area (Å²) in [6.45, 7) is 4.02. The number of nitrogens with zero attached hydrogens (tertiary/aromatic N) is 2. The van der Waals surface area contributed by atoms with Gasteiger partial charge in [-0.1, -0.05) is 12.1 Å². The molecule has 1 aliphatic carbocycles. The Labute approximate surface area is 192 Å². The zero-order valence-electron chi connectivity index (χ0n) is 18.3. The number of carbonyl (C=O) groups is 2. The average Bonchev–Trinajstić information content (AvgIpc) is 3.64. The number of halogens is 1. The van der Waals surface area contributed by atoms with Gasteiger partial charge in [0.05, 0.1) is 16.6 Å². The van der Waals surface area contributed by atoms with Gasteiger partial charge >= 0.3 is 0 Å². The summed E-state index contributed by atoms with van der Waals surface area (Å²) in [4.78, 5) is 28.8. The number of hydrogen-bond donors (Lipinski definition) is 2. The zero-order valence-corrected chi connectivity index (χ0v) is 19.1. The molecule has 1 atom stereocenters. The highest BCUT2D eigenvalue weighted by Crippen LogP contribution is 2.21. The van der Waals surface area contributed by atoms with E-state index in [0.717, 1.165) is 12.8 Å². The molecule has 0 radical (unpaired) electrons. The molecular weight excluding hydrogens is 447 g/mol. The molecule has 1 aliphatic heterocycles. The Balaban J connectivity index is 1.34. The Hall–Kier alpha value is -2.98. The average molecular weight is 475 g/mol. The highest BCUT2D eigenvalue weighted by atomic mass is 32.2. The van der Waals surface area contributed by atoms with Gasteiger partial charge in [-0.15, -0.1) is 0 Å². The molecule has 1 saturated heterocycles. The number of para-hydroxylation sites is 1. The Kier molecular flexibility index (Phi) is 6.66. The minimum Gasteiger partial charge on any atom is -0.352 e. The molecule has 33 heavy (non-hydrogen) atoms. The number of amides is 2. The standard InChI is InChI=1S/C23H27FN4O4S/c1-16(22(29)25-18-8-9-18)27-12-14-28(15-13-27)23(30)17-6-10-19(11-7-17)33(31,32)26-21-5-3-2-4-20(21)24/h2-7,10-11,16,18,26H,8-9,12-15H2,1H3,(H,25,29)/t16-/m0/s1. The first kappa shape index (κ1) is 23.2. The summed E-state index contributed by atoms with van der Waals surface area (Å²) in [7, 11) is -3.99. The first-order chi connectivity index (χ1) is 15.7. The van der Waals surface area contributed by atoms with Crippen molar-refractivity contribution >= 4 is 27.5 Å². The maximum atomic E-state index is 13.8. The van der Waals surface area contributed by atoms with Crippen LogP contribution in [0.3, 0.4) is 0 Å². The van der Waals surface area contributed by atoms with Crippen LogP contribution in [0.2, 0.25) is 0 Å². The van der Waals surface area contributed by atoms with E-state index in [1.807, 2.05) is 6.92 Å². The van der Waals surface area contributed by atoms with Gasteiger partial charge in [0.2, 0.25) is 5.91 Å². The molecule has 0 bridgehead atoms. The molecule has 0 spiro atoms. The molecule has 10 heteroatoms. The molecule has 4 rings (SSSR count). The molecule has 2 fully saturated rings. The Morgan fingerprint density at radius 1 is 1.00 bits per heavy atom. The number of benzene rings is 2. The van der Waals surface area contributed by atoms with Crippen molar-refractivity contribution in [1.29, 1.82) is 0 Å². The Morgan fingerprint density at radius 2 is 1.64 bits per heavy atom. The molecule has 176 valence electrons. The monoisotopic (exact) mass is 474 g/mol. The molecule has 2 aromatic rings. The fourth-order valence-corrected chi connectivity index (χ4v) is 4.80. The highest BCUT2D eigenvalue weighted by molar-refractivity contribution is 7.92. The zero-order chi connectivity index (χ0) is 23.6. The van der Waals surface area contributed by atoms with E-state index >= 15 is 0 Å². The van der Waals surface area contributed by atoms with Gasteiger partial charge in [-0.25, -0.2) is 12.8 Å². The summed E-state index contributed by atoms with van der Waals surface area (Å²) in [6, 6.07) is 11.1. The van der Waals surface area contributed by atoms with E-state index in [1.165, 1.54) is 48.5 Å². The van der Waals surface area contributed by atoms with Gasteiger partial charge in [0.15, 0.2) is 0 Å². The number of sulfonamides is 1. The van der Waals surface area contributed by atoms with Crippen LogP contribution in [-0.4, -0.2) is 68.3 Å². The number of nitrogens with one attached hydrogen (secondary N) is 2. The normalized spacial score (nSPS) is 17.9. The van der Waals surface area contributed by atoms with Crippen molar-refractivity contribution in [3.8, 4) is 0 Å². The van der Waals surface area contributed by atoms with Crippen LogP contribution in [0.4, 0.5) is 10.1 Å². The van der Waals surface area contributed by atoms with E-state index in [-0.39, 0.29) is 28.4 Å². The lowest BCUT2D eigenvalue weighted by Crippen LogP contribution is -2.55. The molecule has 0 unspecified atom stereocenters. The van der Waals surface area contributed by atoms with Crippen molar-refractivity contribution < 1.29 is 22.4 Å². The number of hydrogen-bond acceptors (Lipinski definition) is 5. The Bertz CT molecular complexity index is 1130. The number of rotatable bonds is 7. The summed E-state index contributed by atoms with van der Waals surface area (Å²) < 4.78 is 41.1. The Morgan fingerprint density at radius 3 is 2.24 bits per heavy atom. The van der Waals surface area contributed by atoms with Crippen molar-refractivity contribution in [1.82, 2.24) is 15.1 Å². The van der Waals surface area contributed by atoms with Crippen molar-refractivity contribution in [2.45, 2.75) is 36.7 Å². The summed E-state index contributed by atoms with van der Waals surface area (Å²) >= 11 is 0. The molecule has 8 nitrogen and oxygen atoms in total. The van der Waals surface area contributed by atoms with E-state index in [1.54, 1.807) is 4.90 Å². The van der Waals surface area contributed by atoms with Crippen LogP contribution < -0.4 is 10.0 Å². The van der Waals surface area contributed by atoms with Crippen LogP contribution in [0.15, 0.2) is 53.4 Å². The molecule has 1 heterocycles. The van der Waals surface area contributed by atoms with Crippen LogP contribution >= 0.6 is 0 Å². The van der Waals surface area contributed by atoms with Crippen LogP contribution in [0.25, 0.3) is 0 Å². The maximum Gasteiger partial charge on any atom is 0.261 e. The number of anilines is 1. The third-order valence-electron chi connectivity index (χ3n) is 5.98. The molecule has 1 saturated carbocycles. The van der Waals surface area contributed by atoms with Crippen molar-refractivity contribution in [2.75, 3.05) is 30.9 Å². The lowest BCUT2D eigenvalue weighted by molar-refractivity contribution is -0.126. The van der Waals surface area contributed by atoms with Crippen LogP contribution in [0.1, 0.15) is 30.1 Å². The fraction of sp³-hybridized carbons (Fsp3) is 0.391. The SMILES string of the molecule is C[C@@H](C(=O)NC1CC1)N1CCN(C(=O)c2ccc(S(=O)(=O)Nc3ccccc3F)cc2)CC1. The largest absolute Gasteiger partial charge is 0.352 e. The smallest absolute Gasteiger partial charge is 0.261 e. The van der Waals surface area contributed by atoms with Gasteiger partial charge in [0.25, 0.3) is 15.9 Å². The predicted molar refractivity (Wildman–Crippen MR) is 122 cm³/mol. The molecule has 2 amide bonds. The van der Waals surface area contributed by atoms with Crippen molar-refractivity contribution in [2.24, 2.45) is 0 Å².